The van der Waals surface area contributed by atoms with E-state index in [1.165, 1.54) is 0 Å². The van der Waals surface area contributed by atoms with Gasteiger partial charge in [-0.05, 0) is 24.8 Å². The van der Waals surface area contributed by atoms with Gasteiger partial charge in [0.05, 0.1) is 21.6 Å². The molecule has 9 nitrogen and oxygen atoms in total. The van der Waals surface area contributed by atoms with Gasteiger partial charge in [0.2, 0.25) is 5.12 Å². The predicted molar refractivity (Wildman–Crippen MR) is 102 cm³/mol. The van der Waals surface area contributed by atoms with Crippen LogP contribution in [0.4, 0.5) is 11.4 Å². The van der Waals surface area contributed by atoms with Gasteiger partial charge < -0.3 is 0 Å². The van der Waals surface area contributed by atoms with E-state index in [9.17, 15) is 25.0 Å². The van der Waals surface area contributed by atoms with Crippen molar-refractivity contribution in [1.82, 2.24) is 9.97 Å². The van der Waals surface area contributed by atoms with Gasteiger partial charge in [-0.15, -0.1) is 0 Å². The maximum Gasteiger partial charge on any atom is 0.277 e. The molecular formula is C18H12N4O5S. The summed E-state index contributed by atoms with van der Waals surface area (Å²) >= 11 is 0.654. The summed E-state index contributed by atoms with van der Waals surface area (Å²) in [5.41, 5.74) is 0.856. The molecule has 1 heterocycles. The second-order valence-corrected chi connectivity index (χ2v) is 6.63. The largest absolute Gasteiger partial charge is 0.281 e. The fraction of sp³-hybridized carbons (Fsp3) is 0.0556. The van der Waals surface area contributed by atoms with Crippen LogP contribution >= 0.6 is 11.8 Å². The van der Waals surface area contributed by atoms with Crippen molar-refractivity contribution in [3.05, 3.63) is 86.1 Å². The molecule has 0 radical (unpaired) electrons. The van der Waals surface area contributed by atoms with Crippen LogP contribution in [-0.2, 0) is 0 Å². The Bertz CT molecular complexity index is 1060. The van der Waals surface area contributed by atoms with E-state index in [-0.39, 0.29) is 10.7 Å². The molecule has 0 aliphatic carbocycles. The summed E-state index contributed by atoms with van der Waals surface area (Å²) < 4.78 is 0. The van der Waals surface area contributed by atoms with Gasteiger partial charge in [0.15, 0.2) is 5.16 Å². The van der Waals surface area contributed by atoms with Crippen LogP contribution < -0.4 is 0 Å². The summed E-state index contributed by atoms with van der Waals surface area (Å²) in [4.78, 5) is 41.5. The Kier molecular flexibility index (Phi) is 5.41. The normalized spacial score (nSPS) is 10.5. The summed E-state index contributed by atoms with van der Waals surface area (Å²) in [5, 5.41) is 21.5. The number of carbonyl (C=O) groups excluding carboxylic acids is 1. The zero-order valence-electron chi connectivity index (χ0n) is 14.4. The van der Waals surface area contributed by atoms with Crippen LogP contribution in [0.5, 0.6) is 0 Å². The van der Waals surface area contributed by atoms with Crippen molar-refractivity contribution in [3.8, 4) is 11.3 Å². The van der Waals surface area contributed by atoms with E-state index in [0.717, 1.165) is 23.8 Å². The van der Waals surface area contributed by atoms with E-state index in [1.807, 2.05) is 30.3 Å². The molecule has 0 amide bonds. The fourth-order valence-electron chi connectivity index (χ4n) is 2.41. The van der Waals surface area contributed by atoms with Crippen molar-refractivity contribution in [2.24, 2.45) is 0 Å². The van der Waals surface area contributed by atoms with Crippen LogP contribution in [-0.4, -0.2) is 24.9 Å². The lowest BCUT2D eigenvalue weighted by Gasteiger charge is -2.06. The standard InChI is InChI=1S/C18H12N4O5S/c1-11-7-16(12-5-3-2-4-6-12)20-18(19-11)28-17(23)13-8-14(21(24)25)10-15(9-13)22(26)27/h2-10H,1H3. The summed E-state index contributed by atoms with van der Waals surface area (Å²) in [5.74, 6) is 0. The van der Waals surface area contributed by atoms with Crippen LogP contribution in [0, 0.1) is 27.2 Å². The zero-order chi connectivity index (χ0) is 20.3. The zero-order valence-corrected chi connectivity index (χ0v) is 15.3. The minimum absolute atomic E-state index is 0.151. The number of carbonyl (C=O) groups is 1. The molecule has 10 heteroatoms. The smallest absolute Gasteiger partial charge is 0.277 e. The first-order chi connectivity index (χ1) is 13.3. The average Bonchev–Trinajstić information content (AvgIpc) is 2.67. The minimum atomic E-state index is -0.787. The molecule has 2 aromatic carbocycles. The van der Waals surface area contributed by atoms with Gasteiger partial charge in [0, 0.05) is 29.0 Å². The topological polar surface area (TPSA) is 129 Å². The lowest BCUT2D eigenvalue weighted by atomic mass is 10.1. The Labute approximate surface area is 162 Å². The summed E-state index contributed by atoms with van der Waals surface area (Å²) in [6.07, 6.45) is 0. The molecule has 0 aliphatic rings. The van der Waals surface area contributed by atoms with E-state index in [0.29, 0.717) is 23.1 Å². The molecular weight excluding hydrogens is 384 g/mol. The van der Waals surface area contributed by atoms with Gasteiger partial charge in [-0.3, -0.25) is 25.0 Å². The Hall–Kier alpha value is -3.66. The Morgan fingerprint density at radius 1 is 0.929 bits per heavy atom. The van der Waals surface area contributed by atoms with Gasteiger partial charge in [-0.2, -0.15) is 0 Å². The number of aryl methyl sites for hydroxylation is 1. The van der Waals surface area contributed by atoms with Crippen molar-refractivity contribution in [1.29, 1.82) is 0 Å². The number of hydrogen-bond donors (Lipinski definition) is 0. The molecule has 0 unspecified atom stereocenters. The van der Waals surface area contributed by atoms with E-state index < -0.39 is 26.3 Å². The second kappa shape index (κ2) is 7.92. The fourth-order valence-corrected chi connectivity index (χ4v) is 3.14. The third kappa shape index (κ3) is 4.35. The monoisotopic (exact) mass is 396 g/mol. The third-order valence-corrected chi connectivity index (χ3v) is 4.43. The molecule has 0 bridgehead atoms. The molecule has 0 saturated carbocycles. The maximum absolute atomic E-state index is 12.6. The third-order valence-electron chi connectivity index (χ3n) is 3.65. The van der Waals surface area contributed by atoms with E-state index in [1.54, 1.807) is 13.0 Å². The molecule has 0 N–H and O–H groups in total. The highest BCUT2D eigenvalue weighted by molar-refractivity contribution is 8.14. The number of hydrogen-bond acceptors (Lipinski definition) is 8. The first kappa shape index (κ1) is 19.1. The number of nitro groups is 2. The van der Waals surface area contributed by atoms with Crippen LogP contribution in [0.2, 0.25) is 0 Å². The number of benzene rings is 2. The Balaban J connectivity index is 1.94. The molecule has 3 aromatic rings. The number of rotatable bonds is 5. The quantitative estimate of drug-likeness (QED) is 0.271. The number of thioether (sulfide) groups is 1. The van der Waals surface area contributed by atoms with Gasteiger partial charge in [-0.1, -0.05) is 30.3 Å². The van der Waals surface area contributed by atoms with Gasteiger partial charge >= 0.3 is 0 Å². The van der Waals surface area contributed by atoms with E-state index in [4.69, 9.17) is 0 Å². The van der Waals surface area contributed by atoms with Gasteiger partial charge in [0.25, 0.3) is 11.4 Å². The van der Waals surface area contributed by atoms with Crippen LogP contribution in [0.1, 0.15) is 16.1 Å². The number of aromatic nitrogens is 2. The minimum Gasteiger partial charge on any atom is -0.281 e. The van der Waals surface area contributed by atoms with Crippen molar-refractivity contribution in [3.63, 3.8) is 0 Å². The molecule has 0 atom stereocenters. The Morgan fingerprint density at radius 2 is 1.54 bits per heavy atom. The van der Waals surface area contributed by atoms with E-state index in [2.05, 4.69) is 9.97 Å². The number of non-ortho nitro benzene ring substituents is 2. The van der Waals surface area contributed by atoms with Crippen molar-refractivity contribution >= 4 is 28.3 Å². The highest BCUT2D eigenvalue weighted by Gasteiger charge is 2.21. The predicted octanol–water partition coefficient (Wildman–Crippen LogP) is 4.20. The molecule has 0 fully saturated rings. The lowest BCUT2D eigenvalue weighted by molar-refractivity contribution is -0.394. The molecule has 140 valence electrons. The Morgan fingerprint density at radius 3 is 2.11 bits per heavy atom. The summed E-state index contributed by atoms with van der Waals surface area (Å²) in [7, 11) is 0. The molecule has 28 heavy (non-hydrogen) atoms. The SMILES string of the molecule is Cc1cc(-c2ccccc2)nc(SC(=O)c2cc([N+](=O)[O-])cc([N+](=O)[O-])c2)n1. The second-order valence-electron chi connectivity index (χ2n) is 5.68. The van der Waals surface area contributed by atoms with Crippen LogP contribution in [0.3, 0.4) is 0 Å². The first-order valence-electron chi connectivity index (χ1n) is 7.90. The average molecular weight is 396 g/mol. The molecule has 0 aliphatic heterocycles. The molecule has 0 saturated heterocycles. The highest BCUT2D eigenvalue weighted by Crippen LogP contribution is 2.28. The first-order valence-corrected chi connectivity index (χ1v) is 8.72. The number of nitrogens with zero attached hydrogens (tertiary/aromatic N) is 4. The molecule has 3 rings (SSSR count). The van der Waals surface area contributed by atoms with Gasteiger partial charge in [0.1, 0.15) is 0 Å². The maximum atomic E-state index is 12.6. The molecule has 0 spiro atoms. The van der Waals surface area contributed by atoms with Crippen molar-refractivity contribution in [2.75, 3.05) is 0 Å². The lowest BCUT2D eigenvalue weighted by Crippen LogP contribution is -2.01. The van der Waals surface area contributed by atoms with Crippen molar-refractivity contribution in [2.45, 2.75) is 12.1 Å². The molecule has 1 aromatic heterocycles. The van der Waals surface area contributed by atoms with E-state index >= 15 is 0 Å². The summed E-state index contributed by atoms with van der Waals surface area (Å²) in [6, 6.07) is 13.9. The van der Waals surface area contributed by atoms with Crippen LogP contribution in [0.15, 0.2) is 59.8 Å². The summed E-state index contributed by atoms with van der Waals surface area (Å²) in [6.45, 7) is 1.75. The highest BCUT2D eigenvalue weighted by atomic mass is 32.2. The van der Waals surface area contributed by atoms with Crippen LogP contribution in [0.25, 0.3) is 11.3 Å². The van der Waals surface area contributed by atoms with Gasteiger partial charge in [-0.25, -0.2) is 9.97 Å². The number of nitro benzene ring substituents is 2. The van der Waals surface area contributed by atoms with Crippen molar-refractivity contribution < 1.29 is 14.6 Å².